The van der Waals surface area contributed by atoms with Crippen LogP contribution < -0.4 is 4.90 Å². The molecule has 1 nitrogen and oxygen atoms in total. The molecule has 0 fully saturated rings. The molecule has 0 atom stereocenters. The van der Waals surface area contributed by atoms with Crippen LogP contribution in [-0.2, 0) is 0 Å². The van der Waals surface area contributed by atoms with E-state index in [2.05, 4.69) is 64.5 Å². The molecule has 0 aliphatic heterocycles. The lowest BCUT2D eigenvalue weighted by atomic mass is 9.90. The van der Waals surface area contributed by atoms with Crippen molar-refractivity contribution in [1.29, 1.82) is 0 Å². The Morgan fingerprint density at radius 3 is 1.89 bits per heavy atom. The van der Waals surface area contributed by atoms with Gasteiger partial charge in [-0.05, 0) is 85.9 Å². The van der Waals surface area contributed by atoms with Gasteiger partial charge in [0, 0.05) is 21.5 Å². The van der Waals surface area contributed by atoms with E-state index in [0.29, 0.717) is 11.4 Å². The van der Waals surface area contributed by atoms with Gasteiger partial charge in [-0.3, -0.25) is 0 Å². The summed E-state index contributed by atoms with van der Waals surface area (Å²) in [5.41, 5.74) is 3.64. The maximum Gasteiger partial charge on any atom is 0.0645 e. The Hall–Kier alpha value is -4.14. The first-order valence-corrected chi connectivity index (χ1v) is 12.5. The molecule has 0 N–H and O–H groups in total. The number of hydrogen-bond acceptors (Lipinski definition) is 1. The minimum Gasteiger partial charge on any atom is -0.311 e. The predicted octanol–water partition coefficient (Wildman–Crippen LogP) is 10.5. The van der Waals surface area contributed by atoms with Gasteiger partial charge in [0.1, 0.15) is 0 Å². The molecule has 0 spiro atoms. The normalized spacial score (nSPS) is 13.4. The fraction of sp³-hybridized carbons (Fsp3) is 0. The van der Waals surface area contributed by atoms with Crippen LogP contribution in [0.25, 0.3) is 43.4 Å². The van der Waals surface area contributed by atoms with Crippen molar-refractivity contribution < 1.29 is 6.85 Å². The van der Waals surface area contributed by atoms with Crippen LogP contribution in [0.5, 0.6) is 0 Å². The average Bonchev–Trinajstić information content (AvgIpc) is 3.01. The maximum absolute atomic E-state index is 8.63. The third-order valence-corrected chi connectivity index (χ3v) is 7.46. The molecule has 0 bridgehead atoms. The van der Waals surface area contributed by atoms with Crippen LogP contribution in [0.15, 0.2) is 138 Å². The second-order valence-electron chi connectivity index (χ2n) is 8.77. The molecule has 0 aliphatic rings. The van der Waals surface area contributed by atoms with Crippen LogP contribution in [0.1, 0.15) is 6.85 Å². The molecule has 7 aromatic rings. The van der Waals surface area contributed by atoms with E-state index in [1.54, 1.807) is 4.90 Å². The van der Waals surface area contributed by atoms with Gasteiger partial charge in [0.25, 0.3) is 0 Å². The fourth-order valence-corrected chi connectivity index (χ4v) is 5.61. The van der Waals surface area contributed by atoms with Gasteiger partial charge in [0.15, 0.2) is 0 Å². The third kappa shape index (κ3) is 3.37. The highest BCUT2D eigenvalue weighted by molar-refractivity contribution is 9.10. The number of benzene rings is 7. The highest BCUT2D eigenvalue weighted by Gasteiger charge is 2.15. The molecule has 0 radical (unpaired) electrons. The van der Waals surface area contributed by atoms with E-state index in [0.717, 1.165) is 21.0 Å². The van der Waals surface area contributed by atoms with Gasteiger partial charge >= 0.3 is 0 Å². The molecule has 0 amide bonds. The van der Waals surface area contributed by atoms with E-state index >= 15 is 0 Å². The van der Waals surface area contributed by atoms with Crippen LogP contribution in [0, 0.1) is 0 Å². The number of hydrogen-bond donors (Lipinski definition) is 0. The van der Waals surface area contributed by atoms with E-state index in [4.69, 9.17) is 6.85 Å². The monoisotopic (exact) mass is 528 g/mol. The number of nitrogens with zero attached hydrogens (tertiary/aromatic N) is 1. The maximum atomic E-state index is 8.63. The first kappa shape index (κ1) is 16.5. The molecule has 0 aliphatic carbocycles. The van der Waals surface area contributed by atoms with E-state index < -0.39 is 6.04 Å². The van der Waals surface area contributed by atoms with Crippen LogP contribution in [0.2, 0.25) is 0 Å². The average molecular weight is 529 g/mol. The quantitative estimate of drug-likeness (QED) is 0.205. The molecule has 0 saturated carbocycles. The third-order valence-electron chi connectivity index (χ3n) is 6.77. The summed E-state index contributed by atoms with van der Waals surface area (Å²) in [6, 6.07) is 32.9. The number of halogens is 1. The Kier molecular flexibility index (Phi) is 3.90. The SMILES string of the molecule is [2H]c1c([2H])c([2H])c(N(c2ccccc2)c2ccc(-c3ccc4ccc5c(Br)ccc6ccc3c4c65)cc2)c([2H])c1[2H]. The van der Waals surface area contributed by atoms with Gasteiger partial charge in [-0.2, -0.15) is 0 Å². The summed E-state index contributed by atoms with van der Waals surface area (Å²) in [5.74, 6) is 0. The highest BCUT2D eigenvalue weighted by atomic mass is 79.9. The summed E-state index contributed by atoms with van der Waals surface area (Å²) < 4.78 is 42.9. The minimum atomic E-state index is -0.409. The molecule has 0 aromatic heterocycles. The van der Waals surface area contributed by atoms with Gasteiger partial charge in [0.2, 0.25) is 0 Å². The van der Waals surface area contributed by atoms with Crippen LogP contribution in [-0.4, -0.2) is 0 Å². The largest absolute Gasteiger partial charge is 0.311 e. The highest BCUT2D eigenvalue weighted by Crippen LogP contribution is 2.42. The van der Waals surface area contributed by atoms with Crippen molar-refractivity contribution in [1.82, 2.24) is 0 Å². The van der Waals surface area contributed by atoms with E-state index in [9.17, 15) is 0 Å². The molecule has 7 aromatic carbocycles. The fourth-order valence-electron chi connectivity index (χ4n) is 5.15. The van der Waals surface area contributed by atoms with E-state index in [1.165, 1.54) is 26.9 Å². The zero-order valence-electron chi connectivity index (χ0n) is 24.1. The van der Waals surface area contributed by atoms with Crippen molar-refractivity contribution in [3.05, 3.63) is 138 Å². The van der Waals surface area contributed by atoms with Gasteiger partial charge in [-0.15, -0.1) is 0 Å². The summed E-state index contributed by atoms with van der Waals surface area (Å²) in [6.07, 6.45) is 0. The molecule has 0 saturated heterocycles. The number of para-hydroxylation sites is 2. The van der Waals surface area contributed by atoms with E-state index in [1.807, 2.05) is 54.6 Å². The molecule has 2 heteroatoms. The Labute approximate surface area is 225 Å². The Morgan fingerprint density at radius 2 is 1.14 bits per heavy atom. The molecule has 0 heterocycles. The second-order valence-corrected chi connectivity index (χ2v) is 9.63. The molecule has 170 valence electrons. The summed E-state index contributed by atoms with van der Waals surface area (Å²) in [4.78, 5) is 1.73. The van der Waals surface area contributed by atoms with Crippen molar-refractivity contribution in [2.24, 2.45) is 0 Å². The second kappa shape index (κ2) is 8.51. The lowest BCUT2D eigenvalue weighted by Gasteiger charge is -2.25. The summed E-state index contributed by atoms with van der Waals surface area (Å²) >= 11 is 3.72. The van der Waals surface area contributed by atoms with Gasteiger partial charge in [-0.1, -0.05) is 107 Å². The summed E-state index contributed by atoms with van der Waals surface area (Å²) in [6.45, 7) is 0. The van der Waals surface area contributed by atoms with Gasteiger partial charge < -0.3 is 4.90 Å². The zero-order chi connectivity index (χ0) is 28.4. The van der Waals surface area contributed by atoms with Crippen molar-refractivity contribution in [3.8, 4) is 11.1 Å². The first-order valence-electron chi connectivity index (χ1n) is 14.2. The van der Waals surface area contributed by atoms with Crippen LogP contribution in [0.3, 0.4) is 0 Å². The summed E-state index contributed by atoms with van der Waals surface area (Å²) in [7, 11) is 0. The lowest BCUT2D eigenvalue weighted by Crippen LogP contribution is -2.09. The topological polar surface area (TPSA) is 3.24 Å². The zero-order valence-corrected chi connectivity index (χ0v) is 20.7. The first-order chi connectivity index (χ1) is 19.8. The van der Waals surface area contributed by atoms with Crippen molar-refractivity contribution in [2.45, 2.75) is 0 Å². The number of anilines is 3. The lowest BCUT2D eigenvalue weighted by molar-refractivity contribution is 1.28. The van der Waals surface area contributed by atoms with E-state index in [-0.39, 0.29) is 29.9 Å². The standard InChI is InChI=1S/C34H22BrN/c35-32-22-16-25-14-20-30-29(19-13-24-15-21-31(32)34(25)33(24)30)23-11-17-28(18-12-23)36(26-7-3-1-4-8-26)27-9-5-2-6-10-27/h1-22H/i1D,3D,4D,7D,8D. The number of rotatable bonds is 4. The Bertz CT molecular complexity index is 2080. The molecule has 0 unspecified atom stereocenters. The van der Waals surface area contributed by atoms with Gasteiger partial charge in [0.05, 0.1) is 6.85 Å². The predicted molar refractivity (Wildman–Crippen MR) is 158 cm³/mol. The molecular formula is C34H22BrN. The van der Waals surface area contributed by atoms with Crippen LogP contribution >= 0.6 is 15.9 Å². The Morgan fingerprint density at radius 1 is 0.528 bits per heavy atom. The minimum absolute atomic E-state index is 0.114. The summed E-state index contributed by atoms with van der Waals surface area (Å²) in [5, 5.41) is 7.21. The smallest absolute Gasteiger partial charge is 0.0645 e. The molecule has 7 rings (SSSR count). The van der Waals surface area contributed by atoms with Crippen molar-refractivity contribution in [2.75, 3.05) is 4.90 Å². The van der Waals surface area contributed by atoms with Crippen molar-refractivity contribution >= 4 is 65.3 Å². The Balaban J connectivity index is 1.41. The molecular weight excluding hydrogens is 502 g/mol. The molecule has 36 heavy (non-hydrogen) atoms. The van der Waals surface area contributed by atoms with Crippen LogP contribution in [0.4, 0.5) is 17.1 Å². The van der Waals surface area contributed by atoms with Gasteiger partial charge in [-0.25, -0.2) is 0 Å². The van der Waals surface area contributed by atoms with Crippen molar-refractivity contribution in [3.63, 3.8) is 0 Å².